The predicted molar refractivity (Wildman–Crippen MR) is 103 cm³/mol. The first-order valence-corrected chi connectivity index (χ1v) is 11.0. The van der Waals surface area contributed by atoms with E-state index in [2.05, 4.69) is 5.32 Å². The number of carbonyl (C=O) groups excluding carboxylic acids is 2. The number of unbranched alkanes of at least 4 members (excludes halogenated alkanes) is 1. The van der Waals surface area contributed by atoms with Crippen molar-refractivity contribution >= 4 is 27.5 Å². The van der Waals surface area contributed by atoms with Crippen LogP contribution in [0.15, 0.2) is 23.1 Å². The third kappa shape index (κ3) is 3.87. The highest BCUT2D eigenvalue weighted by molar-refractivity contribution is 7.89. The van der Waals surface area contributed by atoms with Gasteiger partial charge in [-0.3, -0.25) is 14.5 Å². The Kier molecular flexibility index (Phi) is 5.86. The van der Waals surface area contributed by atoms with Crippen LogP contribution in [0.25, 0.3) is 0 Å². The molecule has 7 nitrogen and oxygen atoms in total. The van der Waals surface area contributed by atoms with Crippen LogP contribution in [-0.4, -0.2) is 50.2 Å². The van der Waals surface area contributed by atoms with Gasteiger partial charge in [0.25, 0.3) is 0 Å². The minimum absolute atomic E-state index is 0.196. The van der Waals surface area contributed by atoms with Crippen molar-refractivity contribution in [1.82, 2.24) is 9.62 Å². The van der Waals surface area contributed by atoms with Gasteiger partial charge in [-0.2, -0.15) is 4.31 Å². The number of benzene rings is 1. The fourth-order valence-corrected chi connectivity index (χ4v) is 5.34. The monoisotopic (exact) mass is 393 g/mol. The van der Waals surface area contributed by atoms with Crippen molar-refractivity contribution in [3.63, 3.8) is 0 Å². The minimum atomic E-state index is -3.52. The second-order valence-corrected chi connectivity index (χ2v) is 9.09. The van der Waals surface area contributed by atoms with E-state index in [0.29, 0.717) is 31.7 Å². The van der Waals surface area contributed by atoms with Gasteiger partial charge < -0.3 is 5.32 Å². The van der Waals surface area contributed by atoms with Gasteiger partial charge in [-0.15, -0.1) is 0 Å². The number of nitrogens with zero attached hydrogens (tertiary/aromatic N) is 2. The standard InChI is InChI=1S/C19H27N3O4S/c1-3-4-9-20-19(24)18-13-15-12-16(7-8-17(15)22(18)14(2)23)27(25,26)21-10-5-6-11-21/h7-8,12,18H,3-6,9-11,13H2,1-2H3,(H,20,24)/t18-/m1/s1. The summed E-state index contributed by atoms with van der Waals surface area (Å²) in [6.45, 7) is 5.13. The molecule has 0 spiro atoms. The summed E-state index contributed by atoms with van der Waals surface area (Å²) in [7, 11) is -3.52. The number of rotatable bonds is 6. The van der Waals surface area contributed by atoms with Crippen molar-refractivity contribution in [2.45, 2.75) is 56.9 Å². The fraction of sp³-hybridized carbons (Fsp3) is 0.579. The first-order chi connectivity index (χ1) is 12.9. The Bertz CT molecular complexity index is 831. The zero-order valence-corrected chi connectivity index (χ0v) is 16.7. The van der Waals surface area contributed by atoms with Gasteiger partial charge in [0.2, 0.25) is 21.8 Å². The third-order valence-electron chi connectivity index (χ3n) is 5.21. The summed E-state index contributed by atoms with van der Waals surface area (Å²) in [5.74, 6) is -0.418. The maximum Gasteiger partial charge on any atom is 0.243 e. The van der Waals surface area contributed by atoms with Crippen molar-refractivity contribution in [2.75, 3.05) is 24.5 Å². The van der Waals surface area contributed by atoms with Crippen LogP contribution >= 0.6 is 0 Å². The van der Waals surface area contributed by atoms with E-state index in [4.69, 9.17) is 0 Å². The maximum absolute atomic E-state index is 12.8. The Morgan fingerprint density at radius 1 is 1.22 bits per heavy atom. The molecule has 1 fully saturated rings. The molecule has 0 aliphatic carbocycles. The van der Waals surface area contributed by atoms with E-state index in [1.165, 1.54) is 16.1 Å². The van der Waals surface area contributed by atoms with Gasteiger partial charge in [0.15, 0.2) is 0 Å². The van der Waals surface area contributed by atoms with E-state index in [1.54, 1.807) is 18.2 Å². The molecule has 0 unspecified atom stereocenters. The molecular weight excluding hydrogens is 366 g/mol. The Hall–Kier alpha value is -1.93. The van der Waals surface area contributed by atoms with Gasteiger partial charge in [0.05, 0.1) is 4.90 Å². The minimum Gasteiger partial charge on any atom is -0.354 e. The smallest absolute Gasteiger partial charge is 0.243 e. The van der Waals surface area contributed by atoms with Crippen LogP contribution in [0.3, 0.4) is 0 Å². The molecule has 2 amide bonds. The van der Waals surface area contributed by atoms with Gasteiger partial charge in [0, 0.05) is 38.7 Å². The maximum atomic E-state index is 12.8. The summed E-state index contributed by atoms with van der Waals surface area (Å²) < 4.78 is 27.1. The van der Waals surface area contributed by atoms with Crippen LogP contribution in [0.5, 0.6) is 0 Å². The summed E-state index contributed by atoms with van der Waals surface area (Å²) in [6.07, 6.45) is 3.93. The van der Waals surface area contributed by atoms with Crippen molar-refractivity contribution in [2.24, 2.45) is 0 Å². The van der Waals surface area contributed by atoms with E-state index in [1.807, 2.05) is 6.92 Å². The highest BCUT2D eigenvalue weighted by Gasteiger charge is 2.38. The highest BCUT2D eigenvalue weighted by atomic mass is 32.2. The fourth-order valence-electron chi connectivity index (χ4n) is 3.77. The third-order valence-corrected chi connectivity index (χ3v) is 7.10. The average Bonchev–Trinajstić information content (AvgIpc) is 3.29. The van der Waals surface area contributed by atoms with E-state index in [9.17, 15) is 18.0 Å². The molecule has 0 bridgehead atoms. The Morgan fingerprint density at radius 3 is 2.56 bits per heavy atom. The van der Waals surface area contributed by atoms with E-state index in [0.717, 1.165) is 31.2 Å². The number of nitrogens with one attached hydrogen (secondary N) is 1. The first-order valence-electron chi connectivity index (χ1n) is 9.57. The molecule has 1 N–H and O–H groups in total. The molecule has 27 heavy (non-hydrogen) atoms. The average molecular weight is 394 g/mol. The van der Waals surface area contributed by atoms with Gasteiger partial charge in [-0.05, 0) is 43.0 Å². The van der Waals surface area contributed by atoms with E-state index in [-0.39, 0.29) is 16.7 Å². The number of amides is 2. The summed E-state index contributed by atoms with van der Waals surface area (Å²) >= 11 is 0. The summed E-state index contributed by atoms with van der Waals surface area (Å²) in [6, 6.07) is 4.19. The van der Waals surface area contributed by atoms with Crippen LogP contribution in [0.2, 0.25) is 0 Å². The van der Waals surface area contributed by atoms with Crippen molar-refractivity contribution < 1.29 is 18.0 Å². The lowest BCUT2D eigenvalue weighted by Gasteiger charge is -2.23. The summed E-state index contributed by atoms with van der Waals surface area (Å²) in [4.78, 5) is 26.4. The summed E-state index contributed by atoms with van der Waals surface area (Å²) in [5.41, 5.74) is 1.35. The zero-order chi connectivity index (χ0) is 19.6. The van der Waals surface area contributed by atoms with Crippen LogP contribution in [-0.2, 0) is 26.0 Å². The normalized spacial score (nSPS) is 19.9. The molecular formula is C19H27N3O4S. The number of hydrogen-bond acceptors (Lipinski definition) is 4. The molecule has 2 heterocycles. The van der Waals surface area contributed by atoms with E-state index < -0.39 is 16.1 Å². The lowest BCUT2D eigenvalue weighted by Crippen LogP contribution is -2.47. The lowest BCUT2D eigenvalue weighted by atomic mass is 10.1. The molecule has 1 aromatic rings. The Balaban J connectivity index is 1.86. The first kappa shape index (κ1) is 19.8. The number of hydrogen-bond donors (Lipinski definition) is 1. The van der Waals surface area contributed by atoms with Crippen molar-refractivity contribution in [3.05, 3.63) is 23.8 Å². The topological polar surface area (TPSA) is 86.8 Å². The molecule has 0 saturated carbocycles. The quantitative estimate of drug-likeness (QED) is 0.745. The molecule has 2 aliphatic rings. The van der Waals surface area contributed by atoms with Gasteiger partial charge in [-0.1, -0.05) is 13.3 Å². The van der Waals surface area contributed by atoms with Crippen molar-refractivity contribution in [1.29, 1.82) is 0 Å². The number of anilines is 1. The zero-order valence-electron chi connectivity index (χ0n) is 15.9. The second kappa shape index (κ2) is 7.98. The van der Waals surface area contributed by atoms with Crippen LogP contribution in [0, 0.1) is 0 Å². The SMILES string of the molecule is CCCCNC(=O)[C@H]1Cc2cc(S(=O)(=O)N3CCCC3)ccc2N1C(C)=O. The highest BCUT2D eigenvalue weighted by Crippen LogP contribution is 2.35. The molecule has 148 valence electrons. The molecule has 0 aromatic heterocycles. The summed E-state index contributed by atoms with van der Waals surface area (Å²) in [5, 5.41) is 2.88. The Labute approximate surface area is 160 Å². The van der Waals surface area contributed by atoms with Crippen molar-refractivity contribution in [3.8, 4) is 0 Å². The number of carbonyl (C=O) groups is 2. The molecule has 8 heteroatoms. The molecule has 1 atom stereocenters. The van der Waals surface area contributed by atoms with Gasteiger partial charge in [0.1, 0.15) is 6.04 Å². The molecule has 0 radical (unpaired) electrons. The molecule has 2 aliphatic heterocycles. The molecule has 1 saturated heterocycles. The largest absolute Gasteiger partial charge is 0.354 e. The number of sulfonamides is 1. The van der Waals surface area contributed by atoms with Gasteiger partial charge >= 0.3 is 0 Å². The van der Waals surface area contributed by atoms with Crippen LogP contribution in [0.4, 0.5) is 5.69 Å². The number of fused-ring (bicyclic) bond motifs is 1. The van der Waals surface area contributed by atoms with Gasteiger partial charge in [-0.25, -0.2) is 8.42 Å². The second-order valence-electron chi connectivity index (χ2n) is 7.16. The lowest BCUT2D eigenvalue weighted by molar-refractivity contribution is -0.125. The Morgan fingerprint density at radius 2 is 1.93 bits per heavy atom. The molecule has 1 aromatic carbocycles. The van der Waals surface area contributed by atoms with Crippen LogP contribution in [0.1, 0.15) is 45.1 Å². The van der Waals surface area contributed by atoms with Crippen LogP contribution < -0.4 is 10.2 Å². The molecule has 3 rings (SSSR count). The predicted octanol–water partition coefficient (Wildman–Crippen LogP) is 1.66. The van der Waals surface area contributed by atoms with E-state index >= 15 is 0 Å².